The second-order valence-corrected chi connectivity index (χ2v) is 12.4. The van der Waals surface area contributed by atoms with Crippen LogP contribution in [0, 0.1) is 5.82 Å². The first-order chi connectivity index (χ1) is 22.2. The van der Waals surface area contributed by atoms with Crippen molar-refractivity contribution in [3.8, 4) is 11.5 Å². The number of sulfonamides is 1. The van der Waals surface area contributed by atoms with Gasteiger partial charge in [-0.3, -0.25) is 13.9 Å². The zero-order chi connectivity index (χ0) is 33.1. The van der Waals surface area contributed by atoms with Crippen LogP contribution in [0.5, 0.6) is 11.5 Å². The number of hydrogen-bond acceptors (Lipinski definition) is 6. The summed E-state index contributed by atoms with van der Waals surface area (Å²) in [4.78, 5) is 29.5. The zero-order valence-corrected chi connectivity index (χ0v) is 26.9. The molecule has 0 aliphatic rings. The minimum absolute atomic E-state index is 0.0239. The quantitative estimate of drug-likeness (QED) is 0.190. The third-order valence-corrected chi connectivity index (χ3v) is 9.14. The summed E-state index contributed by atoms with van der Waals surface area (Å²) in [6.45, 7) is 1.60. The van der Waals surface area contributed by atoms with E-state index in [4.69, 9.17) is 9.47 Å². The van der Waals surface area contributed by atoms with Crippen LogP contribution < -0.4 is 19.1 Å². The molecule has 0 saturated heterocycles. The third-order valence-electron chi connectivity index (χ3n) is 7.35. The Hall–Kier alpha value is -4.90. The number of amides is 2. The Balaban J connectivity index is 1.82. The highest BCUT2D eigenvalue weighted by Gasteiger charge is 2.35. The van der Waals surface area contributed by atoms with Gasteiger partial charge in [-0.1, -0.05) is 67.6 Å². The Morgan fingerprint density at radius 2 is 1.46 bits per heavy atom. The number of nitrogens with one attached hydrogen (secondary N) is 1. The van der Waals surface area contributed by atoms with Gasteiger partial charge in [-0.25, -0.2) is 12.8 Å². The second kappa shape index (κ2) is 15.9. The lowest BCUT2D eigenvalue weighted by Gasteiger charge is -2.34. The first-order valence-electron chi connectivity index (χ1n) is 14.8. The van der Waals surface area contributed by atoms with Gasteiger partial charge in [-0.2, -0.15) is 0 Å². The maximum absolute atomic E-state index is 14.5. The number of anilines is 1. The van der Waals surface area contributed by atoms with E-state index in [1.165, 1.54) is 67.7 Å². The zero-order valence-electron chi connectivity index (χ0n) is 26.1. The Morgan fingerprint density at radius 3 is 2.07 bits per heavy atom. The predicted molar refractivity (Wildman–Crippen MR) is 175 cm³/mol. The van der Waals surface area contributed by atoms with E-state index in [0.717, 1.165) is 9.87 Å². The van der Waals surface area contributed by atoms with E-state index >= 15 is 0 Å². The van der Waals surface area contributed by atoms with E-state index in [0.29, 0.717) is 24.3 Å². The SMILES string of the molecule is CCCNC(=O)[C@@H](Cc1ccccc1)N(Cc1ccc(F)cc1)C(=O)CN(c1ccc(OC)c(OC)c1)S(=O)(=O)c1ccccc1. The molecule has 0 spiro atoms. The fourth-order valence-electron chi connectivity index (χ4n) is 4.93. The second-order valence-electron chi connectivity index (χ2n) is 10.5. The van der Waals surface area contributed by atoms with Gasteiger partial charge in [0.1, 0.15) is 18.4 Å². The fourth-order valence-corrected chi connectivity index (χ4v) is 6.36. The molecular formula is C35H38FN3O6S. The van der Waals surface area contributed by atoms with Gasteiger partial charge in [0, 0.05) is 25.6 Å². The van der Waals surface area contributed by atoms with Gasteiger partial charge in [-0.05, 0) is 53.9 Å². The standard InChI is InChI=1S/C35H38FN3O6S/c1-4-21-37-35(41)31(22-26-11-7-5-8-12-26)38(24-27-15-17-28(36)18-16-27)34(40)25-39(46(42,43)30-13-9-6-10-14-30)29-19-20-32(44-2)33(23-29)45-3/h5-20,23,31H,4,21-22,24-25H2,1-3H3,(H,37,41)/t31-/m1/s1. The van der Waals surface area contributed by atoms with Crippen molar-refractivity contribution >= 4 is 27.5 Å². The van der Waals surface area contributed by atoms with Crippen molar-refractivity contribution in [1.82, 2.24) is 10.2 Å². The number of carbonyl (C=O) groups is 2. The van der Waals surface area contributed by atoms with Crippen LogP contribution in [0.2, 0.25) is 0 Å². The van der Waals surface area contributed by atoms with E-state index in [1.54, 1.807) is 24.3 Å². The topological polar surface area (TPSA) is 105 Å². The number of ether oxygens (including phenoxy) is 2. The van der Waals surface area contributed by atoms with E-state index < -0.39 is 34.3 Å². The number of benzene rings is 4. The predicted octanol–water partition coefficient (Wildman–Crippen LogP) is 5.20. The number of hydrogen-bond donors (Lipinski definition) is 1. The molecule has 4 aromatic carbocycles. The maximum atomic E-state index is 14.5. The number of carbonyl (C=O) groups excluding carboxylic acids is 2. The minimum Gasteiger partial charge on any atom is -0.493 e. The van der Waals surface area contributed by atoms with Crippen molar-refractivity contribution in [1.29, 1.82) is 0 Å². The summed E-state index contributed by atoms with van der Waals surface area (Å²) >= 11 is 0. The lowest BCUT2D eigenvalue weighted by molar-refractivity contribution is -0.140. The molecule has 242 valence electrons. The molecule has 46 heavy (non-hydrogen) atoms. The van der Waals surface area contributed by atoms with Crippen molar-refractivity contribution in [3.05, 3.63) is 120 Å². The van der Waals surface area contributed by atoms with E-state index in [1.807, 2.05) is 37.3 Å². The normalized spacial score (nSPS) is 11.7. The van der Waals surface area contributed by atoms with Crippen LogP contribution in [0.1, 0.15) is 24.5 Å². The molecule has 0 aliphatic heterocycles. The van der Waals surface area contributed by atoms with Crippen LogP contribution in [0.3, 0.4) is 0 Å². The van der Waals surface area contributed by atoms with E-state index in [9.17, 15) is 22.4 Å². The van der Waals surface area contributed by atoms with Gasteiger partial charge in [-0.15, -0.1) is 0 Å². The van der Waals surface area contributed by atoms with Gasteiger partial charge in [0.05, 0.1) is 24.8 Å². The number of halogens is 1. The van der Waals surface area contributed by atoms with Crippen LogP contribution in [0.4, 0.5) is 10.1 Å². The number of nitrogens with zero attached hydrogens (tertiary/aromatic N) is 2. The van der Waals surface area contributed by atoms with Crippen LogP contribution in [-0.4, -0.2) is 58.5 Å². The molecule has 2 amide bonds. The smallest absolute Gasteiger partial charge is 0.264 e. The summed E-state index contributed by atoms with van der Waals surface area (Å²) in [6.07, 6.45) is 0.850. The number of rotatable bonds is 15. The molecule has 0 radical (unpaired) electrons. The lowest BCUT2D eigenvalue weighted by Crippen LogP contribution is -2.53. The first-order valence-corrected chi connectivity index (χ1v) is 16.3. The summed E-state index contributed by atoms with van der Waals surface area (Å²) in [5.41, 5.74) is 1.54. The summed E-state index contributed by atoms with van der Waals surface area (Å²) in [6, 6.07) is 26.2. The monoisotopic (exact) mass is 647 g/mol. The van der Waals surface area contributed by atoms with Crippen LogP contribution in [0.25, 0.3) is 0 Å². The van der Waals surface area contributed by atoms with Crippen LogP contribution in [0.15, 0.2) is 108 Å². The molecule has 0 fully saturated rings. The highest BCUT2D eigenvalue weighted by Crippen LogP contribution is 2.34. The highest BCUT2D eigenvalue weighted by atomic mass is 32.2. The maximum Gasteiger partial charge on any atom is 0.264 e. The van der Waals surface area contributed by atoms with Crippen molar-refractivity contribution in [2.45, 2.75) is 37.2 Å². The number of methoxy groups -OCH3 is 2. The van der Waals surface area contributed by atoms with Gasteiger partial charge in [0.2, 0.25) is 11.8 Å². The van der Waals surface area contributed by atoms with Gasteiger partial charge < -0.3 is 19.7 Å². The molecule has 9 nitrogen and oxygen atoms in total. The van der Waals surface area contributed by atoms with E-state index in [-0.39, 0.29) is 35.2 Å². The Morgan fingerprint density at radius 1 is 0.826 bits per heavy atom. The Bertz CT molecular complexity index is 1700. The van der Waals surface area contributed by atoms with Gasteiger partial charge in [0.15, 0.2) is 11.5 Å². The molecule has 0 aliphatic carbocycles. The summed E-state index contributed by atoms with van der Waals surface area (Å²) in [7, 11) is -1.40. The van der Waals surface area contributed by atoms with E-state index in [2.05, 4.69) is 5.32 Å². The Labute approximate surface area is 269 Å². The van der Waals surface area contributed by atoms with Crippen molar-refractivity contribution in [3.63, 3.8) is 0 Å². The molecule has 0 bridgehead atoms. The third kappa shape index (κ3) is 8.42. The minimum atomic E-state index is -4.29. The molecule has 1 N–H and O–H groups in total. The van der Waals surface area contributed by atoms with Crippen LogP contribution in [-0.2, 0) is 32.6 Å². The average Bonchev–Trinajstić information content (AvgIpc) is 3.08. The molecule has 1 atom stereocenters. The molecule has 0 unspecified atom stereocenters. The van der Waals surface area contributed by atoms with Crippen molar-refractivity contribution in [2.75, 3.05) is 31.6 Å². The molecular weight excluding hydrogens is 609 g/mol. The molecule has 0 heterocycles. The van der Waals surface area contributed by atoms with Gasteiger partial charge >= 0.3 is 0 Å². The fraction of sp³-hybridized carbons (Fsp3) is 0.257. The van der Waals surface area contributed by atoms with Gasteiger partial charge in [0.25, 0.3) is 10.0 Å². The molecule has 0 saturated carbocycles. The summed E-state index contributed by atoms with van der Waals surface area (Å²) < 4.78 is 53.9. The molecule has 4 aromatic rings. The highest BCUT2D eigenvalue weighted by molar-refractivity contribution is 7.92. The largest absolute Gasteiger partial charge is 0.493 e. The summed E-state index contributed by atoms with van der Waals surface area (Å²) in [5, 5.41) is 2.90. The van der Waals surface area contributed by atoms with Crippen LogP contribution >= 0.6 is 0 Å². The Kier molecular flexibility index (Phi) is 11.7. The molecule has 4 rings (SSSR count). The molecule has 11 heteroatoms. The molecule has 0 aromatic heterocycles. The van der Waals surface area contributed by atoms with Crippen molar-refractivity contribution < 1.29 is 31.9 Å². The first kappa shape index (κ1) is 34.0. The lowest BCUT2D eigenvalue weighted by atomic mass is 10.0. The van der Waals surface area contributed by atoms with Crippen molar-refractivity contribution in [2.24, 2.45) is 0 Å². The summed E-state index contributed by atoms with van der Waals surface area (Å²) in [5.74, 6) is -0.819. The average molecular weight is 648 g/mol.